The molecule has 0 spiro atoms. The fraction of sp³-hybridized carbons (Fsp3) is 0.667. The summed E-state index contributed by atoms with van der Waals surface area (Å²) in [5.74, 6) is 0.0720. The van der Waals surface area contributed by atoms with E-state index in [1.165, 1.54) is 0 Å². The van der Waals surface area contributed by atoms with Gasteiger partial charge in [-0.05, 0) is 71.9 Å². The summed E-state index contributed by atoms with van der Waals surface area (Å²) in [6.45, 7) is 7.84. The number of alkyl carbamates (subject to hydrolysis) is 1. The highest BCUT2D eigenvalue weighted by molar-refractivity contribution is 7.91. The summed E-state index contributed by atoms with van der Waals surface area (Å²) in [5.41, 5.74) is -0.317. The molecule has 0 atom stereocenters. The number of aryl methyl sites for hydroxylation is 1. The molecule has 7 heteroatoms. The van der Waals surface area contributed by atoms with Crippen LogP contribution in [0.5, 0.6) is 0 Å². The van der Waals surface area contributed by atoms with Crippen molar-refractivity contribution in [3.63, 3.8) is 0 Å². The molecular formula is C21H31NO5S. The van der Waals surface area contributed by atoms with E-state index < -0.39 is 32.7 Å². The number of nitrogens with one attached hydrogen (secondary N) is 1. The summed E-state index contributed by atoms with van der Waals surface area (Å²) in [6.07, 6.45) is 3.09. The topological polar surface area (TPSA) is 81.7 Å². The Morgan fingerprint density at radius 3 is 2.25 bits per heavy atom. The Hall–Kier alpha value is -1.60. The minimum atomic E-state index is -3.33. The molecule has 0 radical (unpaired) electrons. The van der Waals surface area contributed by atoms with Crippen LogP contribution < -0.4 is 5.32 Å². The van der Waals surface area contributed by atoms with Crippen LogP contribution in [0.1, 0.15) is 58.4 Å². The summed E-state index contributed by atoms with van der Waals surface area (Å²) in [7, 11) is -3.33. The van der Waals surface area contributed by atoms with Crippen molar-refractivity contribution in [2.45, 2.75) is 81.4 Å². The third kappa shape index (κ3) is 4.87. The van der Waals surface area contributed by atoms with E-state index in [1.54, 1.807) is 12.1 Å². The van der Waals surface area contributed by atoms with Gasteiger partial charge in [0.25, 0.3) is 0 Å². The van der Waals surface area contributed by atoms with Crippen LogP contribution in [-0.4, -0.2) is 43.6 Å². The first-order valence-corrected chi connectivity index (χ1v) is 11.5. The van der Waals surface area contributed by atoms with E-state index in [9.17, 15) is 13.2 Å². The highest BCUT2D eigenvalue weighted by Gasteiger charge is 2.51. The number of sulfone groups is 1. The van der Waals surface area contributed by atoms with Crippen molar-refractivity contribution in [2.24, 2.45) is 0 Å². The minimum absolute atomic E-state index is 0.0720. The molecule has 28 heavy (non-hydrogen) atoms. The predicted molar refractivity (Wildman–Crippen MR) is 107 cm³/mol. The van der Waals surface area contributed by atoms with E-state index in [0.717, 1.165) is 31.2 Å². The average Bonchev–Trinajstić information content (AvgIpc) is 2.60. The van der Waals surface area contributed by atoms with Gasteiger partial charge in [0.15, 0.2) is 9.84 Å². The van der Waals surface area contributed by atoms with Gasteiger partial charge in [0.05, 0.1) is 28.4 Å². The molecule has 0 aromatic heterocycles. The Balaban J connectivity index is 1.58. The fourth-order valence-corrected chi connectivity index (χ4v) is 5.38. The van der Waals surface area contributed by atoms with Gasteiger partial charge in [-0.3, -0.25) is 0 Å². The number of ether oxygens (including phenoxy) is 2. The second kappa shape index (κ2) is 7.34. The second-order valence-electron chi connectivity index (χ2n) is 9.26. The maximum absolute atomic E-state index is 12.7. The summed E-state index contributed by atoms with van der Waals surface area (Å²) >= 11 is 0. The van der Waals surface area contributed by atoms with Crippen molar-refractivity contribution < 1.29 is 22.7 Å². The largest absolute Gasteiger partial charge is 0.444 e. The van der Waals surface area contributed by atoms with Gasteiger partial charge >= 0.3 is 6.09 Å². The fourth-order valence-electron chi connectivity index (χ4n) is 3.95. The van der Waals surface area contributed by atoms with Crippen molar-refractivity contribution in [3.05, 3.63) is 29.8 Å². The van der Waals surface area contributed by atoms with Gasteiger partial charge in [0, 0.05) is 0 Å². The number of carbonyl (C=O) groups is 1. The molecule has 4 rings (SSSR count). The van der Waals surface area contributed by atoms with Crippen LogP contribution in [0.15, 0.2) is 29.2 Å². The Kier molecular flexibility index (Phi) is 5.53. The molecule has 2 bridgehead atoms. The zero-order valence-corrected chi connectivity index (χ0v) is 18.0. The number of hydrogen-bond donors (Lipinski definition) is 1. The number of rotatable bonds is 5. The normalized spacial score (nSPS) is 27.4. The van der Waals surface area contributed by atoms with Crippen molar-refractivity contribution in [3.8, 4) is 0 Å². The zero-order chi connectivity index (χ0) is 20.6. The zero-order valence-electron chi connectivity index (χ0n) is 17.2. The monoisotopic (exact) mass is 409 g/mol. The molecule has 2 saturated heterocycles. The van der Waals surface area contributed by atoms with E-state index in [2.05, 4.69) is 5.32 Å². The lowest BCUT2D eigenvalue weighted by Gasteiger charge is -2.53. The molecule has 2 aliphatic heterocycles. The molecule has 1 saturated carbocycles. The number of benzene rings is 1. The van der Waals surface area contributed by atoms with Crippen LogP contribution in [0, 0.1) is 6.92 Å². The lowest BCUT2D eigenvalue weighted by atomic mass is 9.70. The highest BCUT2D eigenvalue weighted by Crippen LogP contribution is 2.45. The Bertz CT molecular complexity index is 799. The average molecular weight is 410 g/mol. The van der Waals surface area contributed by atoms with Crippen LogP contribution in [0.2, 0.25) is 0 Å². The molecule has 1 N–H and O–H groups in total. The predicted octanol–water partition coefficient (Wildman–Crippen LogP) is 3.77. The second-order valence-corrected chi connectivity index (χ2v) is 11.4. The minimum Gasteiger partial charge on any atom is -0.444 e. The number of amides is 1. The molecule has 3 aliphatic rings. The number of fused-ring (bicyclic) bond motifs is 3. The van der Waals surface area contributed by atoms with Crippen LogP contribution in [0.25, 0.3) is 0 Å². The first-order valence-electron chi connectivity index (χ1n) is 9.87. The van der Waals surface area contributed by atoms with Gasteiger partial charge in [0.2, 0.25) is 0 Å². The van der Waals surface area contributed by atoms with Crippen molar-refractivity contribution in [2.75, 3.05) is 12.4 Å². The van der Waals surface area contributed by atoms with E-state index >= 15 is 0 Å². The van der Waals surface area contributed by atoms with Crippen LogP contribution in [-0.2, 0) is 19.3 Å². The molecular weight excluding hydrogens is 378 g/mol. The SMILES string of the molecule is Cc1ccc(S(=O)(=O)CCC23CCC(NC(=O)OC(C)(C)C)(CC2)CO3)cc1. The van der Waals surface area contributed by atoms with Crippen molar-refractivity contribution in [1.29, 1.82) is 0 Å². The van der Waals surface area contributed by atoms with Crippen LogP contribution >= 0.6 is 0 Å². The molecule has 0 unspecified atom stereocenters. The highest BCUT2D eigenvalue weighted by atomic mass is 32.2. The number of hydrogen-bond acceptors (Lipinski definition) is 5. The van der Waals surface area contributed by atoms with E-state index in [0.29, 0.717) is 17.9 Å². The summed E-state index contributed by atoms with van der Waals surface area (Å²) in [4.78, 5) is 12.5. The maximum atomic E-state index is 12.7. The van der Waals surface area contributed by atoms with E-state index in [4.69, 9.17) is 9.47 Å². The number of carbonyl (C=O) groups excluding carboxylic acids is 1. The maximum Gasteiger partial charge on any atom is 0.408 e. The molecule has 1 aromatic carbocycles. The summed E-state index contributed by atoms with van der Waals surface area (Å²) in [5, 5.41) is 2.99. The molecule has 2 heterocycles. The third-order valence-electron chi connectivity index (χ3n) is 5.75. The van der Waals surface area contributed by atoms with Gasteiger partial charge < -0.3 is 14.8 Å². The molecule has 1 aliphatic carbocycles. The van der Waals surface area contributed by atoms with Crippen molar-refractivity contribution in [1.82, 2.24) is 5.32 Å². The van der Waals surface area contributed by atoms with E-state index in [-0.39, 0.29) is 5.75 Å². The van der Waals surface area contributed by atoms with Gasteiger partial charge in [0.1, 0.15) is 5.60 Å². The third-order valence-corrected chi connectivity index (χ3v) is 7.48. The van der Waals surface area contributed by atoms with Gasteiger partial charge in [-0.25, -0.2) is 13.2 Å². The Labute approximate surface area is 167 Å². The molecule has 156 valence electrons. The lowest BCUT2D eigenvalue weighted by molar-refractivity contribution is -0.161. The standard InChI is InChI=1S/C21H31NO5S/c1-16-5-7-17(8-6-16)28(24,25)14-13-21-11-9-20(10-12-21,15-26-21)22-18(23)27-19(2,3)4/h5-8H,9-15H2,1-4H3,(H,22,23). The lowest BCUT2D eigenvalue weighted by Crippen LogP contribution is -2.63. The summed E-state index contributed by atoms with van der Waals surface area (Å²) in [6, 6.07) is 6.97. The Morgan fingerprint density at radius 2 is 1.75 bits per heavy atom. The molecule has 3 fully saturated rings. The van der Waals surface area contributed by atoms with Crippen LogP contribution in [0.3, 0.4) is 0 Å². The van der Waals surface area contributed by atoms with Crippen molar-refractivity contribution >= 4 is 15.9 Å². The van der Waals surface area contributed by atoms with Gasteiger partial charge in [-0.15, -0.1) is 0 Å². The van der Waals surface area contributed by atoms with Gasteiger partial charge in [-0.2, -0.15) is 0 Å². The first kappa shape index (κ1) is 21.1. The Morgan fingerprint density at radius 1 is 1.14 bits per heavy atom. The molecule has 6 nitrogen and oxygen atoms in total. The van der Waals surface area contributed by atoms with E-state index in [1.807, 2.05) is 39.8 Å². The molecule has 1 aromatic rings. The molecule has 1 amide bonds. The van der Waals surface area contributed by atoms with Crippen LogP contribution in [0.4, 0.5) is 4.79 Å². The smallest absolute Gasteiger partial charge is 0.408 e. The first-order chi connectivity index (χ1) is 12.9. The van der Waals surface area contributed by atoms with Gasteiger partial charge in [-0.1, -0.05) is 17.7 Å². The summed E-state index contributed by atoms with van der Waals surface area (Å²) < 4.78 is 36.8. The quantitative estimate of drug-likeness (QED) is 0.801.